The van der Waals surface area contributed by atoms with E-state index in [1.807, 2.05) is 0 Å². The summed E-state index contributed by atoms with van der Waals surface area (Å²) in [6, 6.07) is 4.62. The summed E-state index contributed by atoms with van der Waals surface area (Å²) in [7, 11) is -3.56. The number of amides is 1. The summed E-state index contributed by atoms with van der Waals surface area (Å²) in [5.41, 5.74) is 6.64. The van der Waals surface area contributed by atoms with Crippen molar-refractivity contribution in [1.29, 1.82) is 0 Å². The van der Waals surface area contributed by atoms with E-state index in [4.69, 9.17) is 5.73 Å². The summed E-state index contributed by atoms with van der Waals surface area (Å²) in [6.45, 7) is 3.88. The summed E-state index contributed by atoms with van der Waals surface area (Å²) >= 11 is 0. The molecule has 1 aliphatic rings. The highest BCUT2D eigenvalue weighted by Crippen LogP contribution is 2.19. The summed E-state index contributed by atoms with van der Waals surface area (Å²) in [5.74, 6) is -0.537. The van der Waals surface area contributed by atoms with Crippen LogP contribution in [0.25, 0.3) is 0 Å². The molecule has 8 heteroatoms. The summed E-state index contributed by atoms with van der Waals surface area (Å²) in [4.78, 5) is 11.1. The zero-order valence-electron chi connectivity index (χ0n) is 11.2. The van der Waals surface area contributed by atoms with E-state index in [1.165, 1.54) is 10.4 Å². The maximum Gasteiger partial charge on any atom is 0.301 e. The van der Waals surface area contributed by atoms with E-state index in [1.54, 1.807) is 19.1 Å². The largest absolute Gasteiger partial charge is 0.366 e. The minimum absolute atomic E-state index is 0.354. The van der Waals surface area contributed by atoms with E-state index in [0.29, 0.717) is 43.0 Å². The van der Waals surface area contributed by atoms with E-state index in [9.17, 15) is 13.2 Å². The summed E-state index contributed by atoms with van der Waals surface area (Å²) < 4.78 is 28.4. The van der Waals surface area contributed by atoms with Gasteiger partial charge >= 0.3 is 10.2 Å². The monoisotopic (exact) mass is 298 g/mol. The second kappa shape index (κ2) is 5.78. The molecule has 0 saturated carbocycles. The molecule has 0 unspecified atom stereocenters. The van der Waals surface area contributed by atoms with Crippen LogP contribution in [-0.2, 0) is 10.2 Å². The lowest BCUT2D eigenvalue weighted by molar-refractivity contribution is 0.1000. The Hall–Kier alpha value is -1.64. The molecule has 7 nitrogen and oxygen atoms in total. The van der Waals surface area contributed by atoms with Crippen LogP contribution in [0.5, 0.6) is 0 Å². The van der Waals surface area contributed by atoms with Crippen molar-refractivity contribution in [3.63, 3.8) is 0 Å². The third-order valence-electron chi connectivity index (χ3n) is 3.17. The Morgan fingerprint density at radius 1 is 1.35 bits per heavy atom. The fourth-order valence-corrected chi connectivity index (χ4v) is 3.32. The van der Waals surface area contributed by atoms with E-state index in [2.05, 4.69) is 10.0 Å². The van der Waals surface area contributed by atoms with Crippen LogP contribution in [0.1, 0.15) is 15.9 Å². The molecule has 1 fully saturated rings. The van der Waals surface area contributed by atoms with Gasteiger partial charge in [-0.1, -0.05) is 0 Å². The Morgan fingerprint density at radius 3 is 2.55 bits per heavy atom. The molecule has 110 valence electrons. The van der Waals surface area contributed by atoms with Crippen molar-refractivity contribution in [2.45, 2.75) is 6.92 Å². The Balaban J connectivity index is 2.18. The number of aryl methyl sites for hydroxylation is 1. The second-order valence-corrected chi connectivity index (χ2v) is 6.32. The fourth-order valence-electron chi connectivity index (χ4n) is 2.02. The molecule has 2 rings (SSSR count). The number of nitrogens with two attached hydrogens (primary N) is 1. The topological polar surface area (TPSA) is 105 Å². The molecule has 1 heterocycles. The molecule has 0 aliphatic carbocycles. The molecule has 1 amide bonds. The maximum atomic E-state index is 12.2. The highest BCUT2D eigenvalue weighted by atomic mass is 32.2. The van der Waals surface area contributed by atoms with Gasteiger partial charge in [-0.3, -0.25) is 9.52 Å². The number of rotatable bonds is 4. The Morgan fingerprint density at radius 2 is 2.00 bits per heavy atom. The molecular formula is C12H18N4O3S. The number of carbonyl (C=O) groups is 1. The van der Waals surface area contributed by atoms with Crippen molar-refractivity contribution >= 4 is 21.8 Å². The van der Waals surface area contributed by atoms with Crippen LogP contribution in [0.15, 0.2) is 18.2 Å². The first-order chi connectivity index (χ1) is 9.40. The number of hydrogen-bond acceptors (Lipinski definition) is 4. The number of primary amides is 1. The lowest BCUT2D eigenvalue weighted by Gasteiger charge is -2.27. The second-order valence-electron chi connectivity index (χ2n) is 4.65. The predicted molar refractivity (Wildman–Crippen MR) is 76.7 cm³/mol. The SMILES string of the molecule is Cc1cc(C(N)=O)ccc1NS(=O)(=O)N1CCNCC1. The lowest BCUT2D eigenvalue weighted by atomic mass is 10.1. The standard InChI is InChI=1S/C12H18N4O3S/c1-9-8-10(12(13)17)2-3-11(9)15-20(18,19)16-6-4-14-5-7-16/h2-3,8,14-15H,4-7H2,1H3,(H2,13,17). The summed E-state index contributed by atoms with van der Waals surface area (Å²) in [6.07, 6.45) is 0. The van der Waals surface area contributed by atoms with Gasteiger partial charge in [0, 0.05) is 31.7 Å². The van der Waals surface area contributed by atoms with Gasteiger partial charge in [0.25, 0.3) is 0 Å². The van der Waals surface area contributed by atoms with Crippen LogP contribution in [0.4, 0.5) is 5.69 Å². The van der Waals surface area contributed by atoms with Crippen molar-refractivity contribution in [2.24, 2.45) is 5.73 Å². The first-order valence-corrected chi connectivity index (χ1v) is 7.73. The normalized spacial score (nSPS) is 16.9. The number of carbonyl (C=O) groups excluding carboxylic acids is 1. The van der Waals surface area contributed by atoms with Crippen LogP contribution < -0.4 is 15.8 Å². The number of hydrogen-bond donors (Lipinski definition) is 3. The van der Waals surface area contributed by atoms with E-state index >= 15 is 0 Å². The number of piperazine rings is 1. The molecule has 4 N–H and O–H groups in total. The van der Waals surface area contributed by atoms with Gasteiger partial charge in [0.2, 0.25) is 5.91 Å². The fraction of sp³-hybridized carbons (Fsp3) is 0.417. The van der Waals surface area contributed by atoms with Crippen LogP contribution in [-0.4, -0.2) is 44.8 Å². The molecule has 1 aliphatic heterocycles. The van der Waals surface area contributed by atoms with Crippen LogP contribution in [0.3, 0.4) is 0 Å². The number of nitrogens with one attached hydrogen (secondary N) is 2. The lowest BCUT2D eigenvalue weighted by Crippen LogP contribution is -2.48. The van der Waals surface area contributed by atoms with Gasteiger partial charge in [-0.2, -0.15) is 12.7 Å². The Labute approximate surface area is 118 Å². The molecule has 0 bridgehead atoms. The van der Waals surface area contributed by atoms with Crippen molar-refractivity contribution in [2.75, 3.05) is 30.9 Å². The molecule has 0 atom stereocenters. The number of anilines is 1. The quantitative estimate of drug-likeness (QED) is 0.707. The third-order valence-corrected chi connectivity index (χ3v) is 4.69. The van der Waals surface area contributed by atoms with Crippen molar-refractivity contribution in [3.05, 3.63) is 29.3 Å². The first kappa shape index (κ1) is 14.8. The highest BCUT2D eigenvalue weighted by Gasteiger charge is 2.24. The molecule has 0 radical (unpaired) electrons. The van der Waals surface area contributed by atoms with E-state index < -0.39 is 16.1 Å². The van der Waals surface area contributed by atoms with Gasteiger partial charge < -0.3 is 11.1 Å². The van der Waals surface area contributed by atoms with Crippen molar-refractivity contribution in [1.82, 2.24) is 9.62 Å². The Bertz CT molecular complexity index is 609. The van der Waals surface area contributed by atoms with Crippen LogP contribution in [0.2, 0.25) is 0 Å². The summed E-state index contributed by atoms with van der Waals surface area (Å²) in [5, 5.41) is 3.10. The molecule has 1 saturated heterocycles. The molecular weight excluding hydrogens is 280 g/mol. The van der Waals surface area contributed by atoms with Gasteiger partial charge in [-0.05, 0) is 30.7 Å². The van der Waals surface area contributed by atoms with E-state index in [0.717, 1.165) is 0 Å². The highest BCUT2D eigenvalue weighted by molar-refractivity contribution is 7.90. The number of benzene rings is 1. The maximum absolute atomic E-state index is 12.2. The van der Waals surface area contributed by atoms with E-state index in [-0.39, 0.29) is 0 Å². The minimum atomic E-state index is -3.56. The first-order valence-electron chi connectivity index (χ1n) is 6.29. The zero-order chi connectivity index (χ0) is 14.8. The van der Waals surface area contributed by atoms with Gasteiger partial charge in [-0.25, -0.2) is 0 Å². The smallest absolute Gasteiger partial charge is 0.301 e. The molecule has 0 aromatic heterocycles. The van der Waals surface area contributed by atoms with Crippen molar-refractivity contribution in [3.8, 4) is 0 Å². The molecule has 1 aromatic rings. The van der Waals surface area contributed by atoms with Gasteiger partial charge in [-0.15, -0.1) is 0 Å². The average molecular weight is 298 g/mol. The van der Waals surface area contributed by atoms with Crippen molar-refractivity contribution < 1.29 is 13.2 Å². The predicted octanol–water partition coefficient (Wildman–Crippen LogP) is -0.344. The average Bonchev–Trinajstić information content (AvgIpc) is 2.41. The molecule has 0 spiro atoms. The van der Waals surface area contributed by atoms with Crippen LogP contribution >= 0.6 is 0 Å². The van der Waals surface area contributed by atoms with Gasteiger partial charge in [0.1, 0.15) is 0 Å². The van der Waals surface area contributed by atoms with Crippen LogP contribution in [0, 0.1) is 6.92 Å². The van der Waals surface area contributed by atoms with Gasteiger partial charge in [0.05, 0.1) is 5.69 Å². The minimum Gasteiger partial charge on any atom is -0.366 e. The van der Waals surface area contributed by atoms with Gasteiger partial charge in [0.15, 0.2) is 0 Å². The number of nitrogens with zero attached hydrogens (tertiary/aromatic N) is 1. The zero-order valence-corrected chi connectivity index (χ0v) is 12.0. The molecule has 20 heavy (non-hydrogen) atoms. The third kappa shape index (κ3) is 3.27. The molecule has 1 aromatic carbocycles. The Kier molecular flexibility index (Phi) is 4.26.